The monoisotopic (exact) mass is 450 g/mol. The maximum atomic E-state index is 14.6. The summed E-state index contributed by atoms with van der Waals surface area (Å²) in [6.45, 7) is 1.50. The molecule has 1 aliphatic heterocycles. The molecule has 0 amide bonds. The Morgan fingerprint density at radius 3 is 2.50 bits per heavy atom. The standard InChI is InChI=1S/C25H23F5O2/c26-22-15-19-14-18(7-8-20(19)24(27)21(22)10-11-25(28,29)30)17-5-2-16(3-6-17)4-9-23-31-12-1-13-32-23/h5,7-8,14-16,23H,1-4,6,9,12-13H2. The molecule has 1 saturated heterocycles. The number of allylic oxidation sites excluding steroid dienone is 2. The number of hydrogen-bond donors (Lipinski definition) is 0. The Hall–Kier alpha value is -2.43. The molecule has 170 valence electrons. The third-order valence-corrected chi connectivity index (χ3v) is 5.95. The molecule has 7 heteroatoms. The van der Waals surface area contributed by atoms with Crippen molar-refractivity contribution in [3.8, 4) is 11.8 Å². The Bertz CT molecular complexity index is 1070. The van der Waals surface area contributed by atoms with E-state index in [1.807, 2.05) is 0 Å². The molecule has 0 radical (unpaired) electrons. The van der Waals surface area contributed by atoms with E-state index in [1.54, 1.807) is 18.1 Å². The van der Waals surface area contributed by atoms with Gasteiger partial charge in [0.2, 0.25) is 0 Å². The zero-order valence-corrected chi connectivity index (χ0v) is 17.4. The summed E-state index contributed by atoms with van der Waals surface area (Å²) in [6.07, 6.45) is 2.83. The van der Waals surface area contributed by atoms with Gasteiger partial charge in [0.25, 0.3) is 0 Å². The van der Waals surface area contributed by atoms with Gasteiger partial charge in [-0.25, -0.2) is 8.78 Å². The van der Waals surface area contributed by atoms with Gasteiger partial charge in [0.05, 0.1) is 18.8 Å². The summed E-state index contributed by atoms with van der Waals surface area (Å²) in [7, 11) is 0. The second-order valence-electron chi connectivity index (χ2n) is 8.20. The lowest BCUT2D eigenvalue weighted by molar-refractivity contribution is -0.182. The molecular weight excluding hydrogens is 427 g/mol. The summed E-state index contributed by atoms with van der Waals surface area (Å²) in [5.74, 6) is 0.867. The molecule has 4 rings (SSSR count). The van der Waals surface area contributed by atoms with Crippen LogP contribution in [-0.4, -0.2) is 25.7 Å². The molecule has 2 aromatic rings. The van der Waals surface area contributed by atoms with Crippen molar-refractivity contribution in [1.29, 1.82) is 0 Å². The topological polar surface area (TPSA) is 18.5 Å². The van der Waals surface area contributed by atoms with Crippen LogP contribution in [0.4, 0.5) is 22.0 Å². The maximum absolute atomic E-state index is 14.6. The summed E-state index contributed by atoms with van der Waals surface area (Å²) < 4.78 is 77.0. The Labute approximate surface area is 183 Å². The summed E-state index contributed by atoms with van der Waals surface area (Å²) in [6, 6.07) is 5.92. The summed E-state index contributed by atoms with van der Waals surface area (Å²) in [5, 5.41) is 0.341. The van der Waals surface area contributed by atoms with Crippen LogP contribution in [0, 0.1) is 29.4 Å². The minimum atomic E-state index is -4.82. The molecule has 0 aromatic heterocycles. The Morgan fingerprint density at radius 2 is 1.81 bits per heavy atom. The van der Waals surface area contributed by atoms with Gasteiger partial charge in [-0.3, -0.25) is 0 Å². The molecule has 2 nitrogen and oxygen atoms in total. The van der Waals surface area contributed by atoms with Crippen LogP contribution in [0.5, 0.6) is 0 Å². The molecule has 1 aliphatic carbocycles. The smallest absolute Gasteiger partial charge is 0.353 e. The fraction of sp³-hybridized carbons (Fsp3) is 0.440. The molecule has 0 N–H and O–H groups in total. The second-order valence-corrected chi connectivity index (χ2v) is 8.20. The number of halogens is 5. The zero-order valence-electron chi connectivity index (χ0n) is 17.4. The summed E-state index contributed by atoms with van der Waals surface area (Å²) in [5.41, 5.74) is 1.10. The van der Waals surface area contributed by atoms with Crippen molar-refractivity contribution in [3.63, 3.8) is 0 Å². The van der Waals surface area contributed by atoms with Crippen molar-refractivity contribution in [2.75, 3.05) is 13.2 Å². The molecule has 0 saturated carbocycles. The van der Waals surface area contributed by atoms with Gasteiger partial charge >= 0.3 is 6.18 Å². The average molecular weight is 450 g/mol. The third kappa shape index (κ3) is 5.48. The van der Waals surface area contributed by atoms with Gasteiger partial charge in [-0.2, -0.15) is 13.2 Å². The number of alkyl halides is 3. The normalized spacial score (nSPS) is 20.0. The SMILES string of the molecule is Fc1cc2cc(C3=CCC(CCC4OCCCO4)CC3)ccc2c(F)c1C#CC(F)(F)F. The minimum absolute atomic E-state index is 0.0448. The highest BCUT2D eigenvalue weighted by molar-refractivity contribution is 5.88. The Morgan fingerprint density at radius 1 is 1.03 bits per heavy atom. The molecule has 1 unspecified atom stereocenters. The van der Waals surface area contributed by atoms with E-state index in [0.29, 0.717) is 11.3 Å². The highest BCUT2D eigenvalue weighted by Gasteiger charge is 2.24. The van der Waals surface area contributed by atoms with Crippen molar-refractivity contribution in [2.24, 2.45) is 5.92 Å². The first-order chi connectivity index (χ1) is 15.3. The van der Waals surface area contributed by atoms with E-state index in [0.717, 1.165) is 74.9 Å². The van der Waals surface area contributed by atoms with Crippen LogP contribution in [0.1, 0.15) is 49.7 Å². The van der Waals surface area contributed by atoms with Crippen LogP contribution < -0.4 is 0 Å². The lowest BCUT2D eigenvalue weighted by atomic mass is 9.84. The first kappa shape index (κ1) is 22.8. The molecular formula is C25H23F5O2. The van der Waals surface area contributed by atoms with Crippen LogP contribution in [-0.2, 0) is 9.47 Å². The van der Waals surface area contributed by atoms with Crippen molar-refractivity contribution < 1.29 is 31.4 Å². The van der Waals surface area contributed by atoms with Crippen LogP contribution in [0.2, 0.25) is 0 Å². The fourth-order valence-corrected chi connectivity index (χ4v) is 4.27. The number of fused-ring (bicyclic) bond motifs is 1. The van der Waals surface area contributed by atoms with Crippen molar-refractivity contribution in [1.82, 2.24) is 0 Å². The van der Waals surface area contributed by atoms with Crippen molar-refractivity contribution in [2.45, 2.75) is 51.0 Å². The lowest BCUT2D eigenvalue weighted by Crippen LogP contribution is -2.25. The van der Waals surface area contributed by atoms with Crippen LogP contribution in [0.25, 0.3) is 16.3 Å². The quantitative estimate of drug-likeness (QED) is 0.379. The molecule has 1 fully saturated rings. The van der Waals surface area contributed by atoms with E-state index in [2.05, 4.69) is 6.08 Å². The summed E-state index contributed by atoms with van der Waals surface area (Å²) >= 11 is 0. The van der Waals surface area contributed by atoms with Gasteiger partial charge < -0.3 is 9.47 Å². The first-order valence-electron chi connectivity index (χ1n) is 10.7. The maximum Gasteiger partial charge on any atom is 0.458 e. The van der Waals surface area contributed by atoms with Crippen LogP contribution >= 0.6 is 0 Å². The van der Waals surface area contributed by atoms with Gasteiger partial charge in [0, 0.05) is 11.3 Å². The van der Waals surface area contributed by atoms with Crippen molar-refractivity contribution >= 4 is 16.3 Å². The first-order valence-corrected chi connectivity index (χ1v) is 10.7. The summed E-state index contributed by atoms with van der Waals surface area (Å²) in [4.78, 5) is 0. The number of rotatable bonds is 4. The van der Waals surface area contributed by atoms with Crippen LogP contribution in [0.15, 0.2) is 30.3 Å². The van der Waals surface area contributed by atoms with Crippen molar-refractivity contribution in [3.05, 3.63) is 53.1 Å². The molecule has 1 atom stereocenters. The Kier molecular flexibility index (Phi) is 6.82. The molecule has 1 heterocycles. The number of ether oxygens (including phenoxy) is 2. The Balaban J connectivity index is 1.48. The number of benzene rings is 2. The largest absolute Gasteiger partial charge is 0.458 e. The molecule has 2 aliphatic rings. The van der Waals surface area contributed by atoms with Gasteiger partial charge in [0.1, 0.15) is 11.6 Å². The average Bonchev–Trinajstić information content (AvgIpc) is 2.77. The molecule has 0 spiro atoms. The van der Waals surface area contributed by atoms with Gasteiger partial charge in [0.15, 0.2) is 6.29 Å². The third-order valence-electron chi connectivity index (χ3n) is 5.95. The van der Waals surface area contributed by atoms with E-state index in [1.165, 1.54) is 6.07 Å². The van der Waals surface area contributed by atoms with E-state index >= 15 is 0 Å². The highest BCUT2D eigenvalue weighted by atomic mass is 19.4. The molecule has 0 bridgehead atoms. The minimum Gasteiger partial charge on any atom is -0.353 e. The van der Waals surface area contributed by atoms with E-state index in [9.17, 15) is 22.0 Å². The van der Waals surface area contributed by atoms with E-state index in [-0.39, 0.29) is 11.7 Å². The lowest BCUT2D eigenvalue weighted by Gasteiger charge is -2.27. The van der Waals surface area contributed by atoms with E-state index in [4.69, 9.17) is 9.47 Å². The second kappa shape index (κ2) is 9.60. The molecule has 2 aromatic carbocycles. The fourth-order valence-electron chi connectivity index (χ4n) is 4.27. The van der Waals surface area contributed by atoms with E-state index < -0.39 is 23.4 Å². The zero-order chi connectivity index (χ0) is 22.7. The van der Waals surface area contributed by atoms with Crippen LogP contribution in [0.3, 0.4) is 0 Å². The van der Waals surface area contributed by atoms with Gasteiger partial charge in [-0.1, -0.05) is 24.1 Å². The highest BCUT2D eigenvalue weighted by Crippen LogP contribution is 2.35. The van der Waals surface area contributed by atoms with Gasteiger partial charge in [-0.15, -0.1) is 0 Å². The predicted octanol–water partition coefficient (Wildman–Crippen LogP) is 6.76. The molecule has 32 heavy (non-hydrogen) atoms. The predicted molar refractivity (Wildman–Crippen MR) is 112 cm³/mol. The number of hydrogen-bond acceptors (Lipinski definition) is 2. The van der Waals surface area contributed by atoms with Gasteiger partial charge in [-0.05, 0) is 73.1 Å².